The average Bonchev–Trinajstić information content (AvgIpc) is 3.07. The van der Waals surface area contributed by atoms with Crippen LogP contribution in [0.3, 0.4) is 0 Å². The standard InChI is InChI=1S/C22H20FN3/c23-20-9-6-17(7-10-20)16-26-13-12-19-14-18(8-11-22(19)26)15-24-25-21-4-2-1-3-5-21/h1-14,24-25H,15-16H2. The highest BCUT2D eigenvalue weighted by molar-refractivity contribution is 5.81. The second-order valence-corrected chi connectivity index (χ2v) is 6.31. The van der Waals surface area contributed by atoms with Crippen LogP contribution in [-0.2, 0) is 13.1 Å². The first kappa shape index (κ1) is 16.4. The Hall–Kier alpha value is -3.11. The van der Waals surface area contributed by atoms with Crippen LogP contribution in [0.4, 0.5) is 10.1 Å². The molecule has 0 saturated carbocycles. The van der Waals surface area contributed by atoms with Crippen LogP contribution in [0.5, 0.6) is 0 Å². The number of benzene rings is 3. The summed E-state index contributed by atoms with van der Waals surface area (Å²) in [6, 6.07) is 25.3. The van der Waals surface area contributed by atoms with Crippen LogP contribution in [0.1, 0.15) is 11.1 Å². The van der Waals surface area contributed by atoms with Gasteiger partial charge >= 0.3 is 0 Å². The van der Waals surface area contributed by atoms with E-state index in [4.69, 9.17) is 0 Å². The van der Waals surface area contributed by atoms with Crippen LogP contribution in [0.2, 0.25) is 0 Å². The van der Waals surface area contributed by atoms with E-state index in [1.54, 1.807) is 0 Å². The molecule has 4 aromatic rings. The van der Waals surface area contributed by atoms with Crippen molar-refractivity contribution in [3.63, 3.8) is 0 Å². The fourth-order valence-electron chi connectivity index (χ4n) is 3.05. The zero-order chi connectivity index (χ0) is 17.8. The number of anilines is 1. The smallest absolute Gasteiger partial charge is 0.123 e. The minimum Gasteiger partial charge on any atom is -0.343 e. The van der Waals surface area contributed by atoms with Gasteiger partial charge in [-0.3, -0.25) is 0 Å². The van der Waals surface area contributed by atoms with Crippen LogP contribution < -0.4 is 10.9 Å². The lowest BCUT2D eigenvalue weighted by Gasteiger charge is -2.09. The van der Waals surface area contributed by atoms with Gasteiger partial charge in [0, 0.05) is 30.5 Å². The van der Waals surface area contributed by atoms with Gasteiger partial charge in [0.15, 0.2) is 0 Å². The Labute approximate surface area is 152 Å². The van der Waals surface area contributed by atoms with Gasteiger partial charge in [-0.2, -0.15) is 0 Å². The number of halogens is 1. The fourth-order valence-corrected chi connectivity index (χ4v) is 3.05. The van der Waals surface area contributed by atoms with E-state index >= 15 is 0 Å². The van der Waals surface area contributed by atoms with E-state index in [1.165, 1.54) is 28.6 Å². The summed E-state index contributed by atoms with van der Waals surface area (Å²) in [4.78, 5) is 0. The van der Waals surface area contributed by atoms with E-state index in [0.29, 0.717) is 0 Å². The third kappa shape index (κ3) is 3.76. The molecule has 0 radical (unpaired) electrons. The highest BCUT2D eigenvalue weighted by Crippen LogP contribution is 2.19. The molecule has 1 heterocycles. The maximum Gasteiger partial charge on any atom is 0.123 e. The number of hydrogen-bond acceptors (Lipinski definition) is 2. The molecule has 0 aliphatic heterocycles. The Morgan fingerprint density at radius 3 is 2.38 bits per heavy atom. The maximum atomic E-state index is 13.1. The minimum atomic E-state index is -0.202. The van der Waals surface area contributed by atoms with Gasteiger partial charge in [0.05, 0.1) is 0 Å². The Kier molecular flexibility index (Phi) is 4.67. The number of nitrogens with zero attached hydrogens (tertiary/aromatic N) is 1. The van der Waals surface area contributed by atoms with Crippen LogP contribution in [0.25, 0.3) is 10.9 Å². The molecule has 130 valence electrons. The van der Waals surface area contributed by atoms with Gasteiger partial charge in [-0.05, 0) is 59.0 Å². The van der Waals surface area contributed by atoms with E-state index in [-0.39, 0.29) is 5.82 Å². The summed E-state index contributed by atoms with van der Waals surface area (Å²) in [5.41, 5.74) is 10.9. The first-order valence-corrected chi connectivity index (χ1v) is 8.64. The molecular weight excluding hydrogens is 325 g/mol. The first-order valence-electron chi connectivity index (χ1n) is 8.64. The molecule has 2 N–H and O–H groups in total. The molecule has 3 nitrogen and oxygen atoms in total. The molecule has 0 spiro atoms. The number of hydrazine groups is 1. The van der Waals surface area contributed by atoms with Crippen molar-refractivity contribution in [2.75, 3.05) is 5.43 Å². The van der Waals surface area contributed by atoms with Crippen molar-refractivity contribution >= 4 is 16.6 Å². The zero-order valence-corrected chi connectivity index (χ0v) is 14.3. The zero-order valence-electron chi connectivity index (χ0n) is 14.3. The van der Waals surface area contributed by atoms with Crippen molar-refractivity contribution in [1.82, 2.24) is 9.99 Å². The van der Waals surface area contributed by atoms with E-state index in [9.17, 15) is 4.39 Å². The summed E-state index contributed by atoms with van der Waals surface area (Å²) in [5.74, 6) is -0.202. The number of rotatable bonds is 6. The summed E-state index contributed by atoms with van der Waals surface area (Å²) in [5, 5.41) is 1.20. The third-order valence-corrected chi connectivity index (χ3v) is 4.40. The third-order valence-electron chi connectivity index (χ3n) is 4.40. The average molecular weight is 345 g/mol. The highest BCUT2D eigenvalue weighted by Gasteiger charge is 2.04. The summed E-state index contributed by atoms with van der Waals surface area (Å²) >= 11 is 0. The van der Waals surface area contributed by atoms with Crippen molar-refractivity contribution in [2.24, 2.45) is 0 Å². The molecule has 1 aromatic heterocycles. The van der Waals surface area contributed by atoms with E-state index in [2.05, 4.69) is 45.9 Å². The van der Waals surface area contributed by atoms with E-state index < -0.39 is 0 Å². The number of nitrogens with one attached hydrogen (secondary N) is 2. The lowest BCUT2D eigenvalue weighted by Crippen LogP contribution is -2.20. The number of fused-ring (bicyclic) bond motifs is 1. The van der Waals surface area contributed by atoms with Gasteiger partial charge in [0.2, 0.25) is 0 Å². The minimum absolute atomic E-state index is 0.202. The molecular formula is C22H20FN3. The van der Waals surface area contributed by atoms with Gasteiger partial charge in [0.25, 0.3) is 0 Å². The van der Waals surface area contributed by atoms with Crippen molar-refractivity contribution in [3.05, 3.63) is 102 Å². The molecule has 0 saturated heterocycles. The summed E-state index contributed by atoms with van der Waals surface area (Å²) in [7, 11) is 0. The molecule has 0 amide bonds. The van der Waals surface area contributed by atoms with E-state index in [0.717, 1.165) is 24.3 Å². The molecule has 0 aliphatic rings. The molecule has 26 heavy (non-hydrogen) atoms. The lowest BCUT2D eigenvalue weighted by atomic mass is 10.1. The highest BCUT2D eigenvalue weighted by atomic mass is 19.1. The molecule has 4 heteroatoms. The Morgan fingerprint density at radius 2 is 1.58 bits per heavy atom. The van der Waals surface area contributed by atoms with Gasteiger partial charge in [-0.25, -0.2) is 9.82 Å². The van der Waals surface area contributed by atoms with Gasteiger partial charge < -0.3 is 9.99 Å². The van der Waals surface area contributed by atoms with Crippen molar-refractivity contribution in [1.29, 1.82) is 0 Å². The fraction of sp³-hybridized carbons (Fsp3) is 0.0909. The van der Waals surface area contributed by atoms with Gasteiger partial charge in [0.1, 0.15) is 5.82 Å². The summed E-state index contributed by atoms with van der Waals surface area (Å²) < 4.78 is 15.2. The van der Waals surface area contributed by atoms with Crippen LogP contribution in [0.15, 0.2) is 85.1 Å². The van der Waals surface area contributed by atoms with Crippen LogP contribution in [-0.4, -0.2) is 4.57 Å². The van der Waals surface area contributed by atoms with E-state index in [1.807, 2.05) is 42.5 Å². The normalized spacial score (nSPS) is 11.0. The first-order chi connectivity index (χ1) is 12.8. The number of para-hydroxylation sites is 1. The summed E-state index contributed by atoms with van der Waals surface area (Å²) in [6.45, 7) is 1.46. The van der Waals surface area contributed by atoms with Gasteiger partial charge in [-0.1, -0.05) is 36.4 Å². The van der Waals surface area contributed by atoms with Gasteiger partial charge in [-0.15, -0.1) is 0 Å². The predicted molar refractivity (Wildman–Crippen MR) is 104 cm³/mol. The Bertz CT molecular complexity index is 991. The second kappa shape index (κ2) is 7.42. The topological polar surface area (TPSA) is 29.0 Å². The monoisotopic (exact) mass is 345 g/mol. The van der Waals surface area contributed by atoms with Crippen molar-refractivity contribution in [3.8, 4) is 0 Å². The molecule has 0 bridgehead atoms. The second-order valence-electron chi connectivity index (χ2n) is 6.31. The maximum absolute atomic E-state index is 13.1. The predicted octanol–water partition coefficient (Wildman–Crippen LogP) is 4.95. The Balaban J connectivity index is 1.44. The molecule has 3 aromatic carbocycles. The number of aromatic nitrogens is 1. The van der Waals surface area contributed by atoms with Crippen molar-refractivity contribution < 1.29 is 4.39 Å². The van der Waals surface area contributed by atoms with Crippen LogP contribution >= 0.6 is 0 Å². The molecule has 0 atom stereocenters. The molecule has 0 unspecified atom stereocenters. The number of hydrogen-bond donors (Lipinski definition) is 2. The van der Waals surface area contributed by atoms with Crippen molar-refractivity contribution in [2.45, 2.75) is 13.1 Å². The Morgan fingerprint density at radius 1 is 0.808 bits per heavy atom. The SMILES string of the molecule is Fc1ccc(Cn2ccc3cc(CNNc4ccccc4)ccc32)cc1. The molecule has 0 fully saturated rings. The molecule has 4 rings (SSSR count). The largest absolute Gasteiger partial charge is 0.343 e. The lowest BCUT2D eigenvalue weighted by molar-refractivity contribution is 0.626. The molecule has 0 aliphatic carbocycles. The van der Waals surface area contributed by atoms with Crippen LogP contribution in [0, 0.1) is 5.82 Å². The summed E-state index contributed by atoms with van der Waals surface area (Å²) in [6.07, 6.45) is 2.08. The quantitative estimate of drug-likeness (QED) is 0.484.